The normalized spacial score (nSPS) is 30.8. The maximum atomic E-state index is 11.6. The van der Waals surface area contributed by atoms with Crippen LogP contribution in [0.15, 0.2) is 0 Å². The first kappa shape index (κ1) is 21.7. The summed E-state index contributed by atoms with van der Waals surface area (Å²) >= 11 is 0. The van der Waals surface area contributed by atoms with E-state index >= 15 is 0 Å². The molecule has 1 heterocycles. The minimum Gasteiger partial charge on any atom is -0.481 e. The Labute approximate surface area is 160 Å². The van der Waals surface area contributed by atoms with E-state index in [9.17, 15) is 9.90 Å². The molecule has 1 N–H and O–H groups in total. The van der Waals surface area contributed by atoms with Crippen LogP contribution in [-0.2, 0) is 14.3 Å². The van der Waals surface area contributed by atoms with E-state index < -0.39 is 5.97 Å². The second kappa shape index (κ2) is 11.3. The molecule has 0 radical (unpaired) electrons. The van der Waals surface area contributed by atoms with Gasteiger partial charge in [0.2, 0.25) is 0 Å². The van der Waals surface area contributed by atoms with Gasteiger partial charge < -0.3 is 14.6 Å². The third kappa shape index (κ3) is 6.84. The van der Waals surface area contributed by atoms with Crippen molar-refractivity contribution in [2.24, 2.45) is 17.3 Å². The SMILES string of the molecule is CCCC1CCCC(CCC(CCC)C(=O)O)(COC2CCCCO2)C1. The molecule has 4 unspecified atom stereocenters. The van der Waals surface area contributed by atoms with Crippen LogP contribution in [0.25, 0.3) is 0 Å². The number of rotatable bonds is 11. The molecule has 1 aliphatic heterocycles. The van der Waals surface area contributed by atoms with Crippen LogP contribution < -0.4 is 0 Å². The Bertz CT molecular complexity index is 403. The van der Waals surface area contributed by atoms with Crippen LogP contribution in [0.5, 0.6) is 0 Å². The molecule has 0 aromatic heterocycles. The lowest BCUT2D eigenvalue weighted by atomic mass is 9.66. The summed E-state index contributed by atoms with van der Waals surface area (Å²) in [4.78, 5) is 11.6. The van der Waals surface area contributed by atoms with Crippen LogP contribution in [0.1, 0.15) is 97.3 Å². The van der Waals surface area contributed by atoms with E-state index in [1.165, 1.54) is 44.9 Å². The minimum atomic E-state index is -0.626. The van der Waals surface area contributed by atoms with Gasteiger partial charge in [-0.15, -0.1) is 0 Å². The van der Waals surface area contributed by atoms with Gasteiger partial charge in [-0.25, -0.2) is 0 Å². The van der Waals surface area contributed by atoms with Gasteiger partial charge in [-0.3, -0.25) is 4.79 Å². The summed E-state index contributed by atoms with van der Waals surface area (Å²) in [6.45, 7) is 5.90. The molecule has 152 valence electrons. The van der Waals surface area contributed by atoms with E-state index in [0.29, 0.717) is 0 Å². The summed E-state index contributed by atoms with van der Waals surface area (Å²) in [5.41, 5.74) is 0.153. The topological polar surface area (TPSA) is 55.8 Å². The number of hydrogen-bond donors (Lipinski definition) is 1. The molecule has 4 nitrogen and oxygen atoms in total. The van der Waals surface area contributed by atoms with Gasteiger partial charge in [-0.2, -0.15) is 0 Å². The van der Waals surface area contributed by atoms with Gasteiger partial charge in [-0.05, 0) is 62.7 Å². The highest BCUT2D eigenvalue weighted by Crippen LogP contribution is 2.45. The van der Waals surface area contributed by atoms with Gasteiger partial charge in [0.05, 0.1) is 12.5 Å². The zero-order chi connectivity index (χ0) is 18.8. The van der Waals surface area contributed by atoms with E-state index in [-0.39, 0.29) is 17.6 Å². The van der Waals surface area contributed by atoms with Crippen LogP contribution in [0.3, 0.4) is 0 Å². The number of ether oxygens (including phenoxy) is 2. The Hall–Kier alpha value is -0.610. The number of aliphatic carboxylic acids is 1. The smallest absolute Gasteiger partial charge is 0.306 e. The van der Waals surface area contributed by atoms with Gasteiger partial charge >= 0.3 is 5.97 Å². The van der Waals surface area contributed by atoms with Crippen molar-refractivity contribution >= 4 is 5.97 Å². The van der Waals surface area contributed by atoms with Gasteiger partial charge in [0.25, 0.3) is 0 Å². The lowest BCUT2D eigenvalue weighted by molar-refractivity contribution is -0.185. The summed E-state index contributed by atoms with van der Waals surface area (Å²) in [5, 5.41) is 9.54. The van der Waals surface area contributed by atoms with Crippen molar-refractivity contribution in [3.63, 3.8) is 0 Å². The minimum absolute atomic E-state index is 0.0434. The van der Waals surface area contributed by atoms with E-state index in [1.807, 2.05) is 0 Å². The zero-order valence-electron chi connectivity index (χ0n) is 17.0. The van der Waals surface area contributed by atoms with Crippen molar-refractivity contribution in [3.05, 3.63) is 0 Å². The standard InChI is InChI=1S/C22H40O4/c1-3-8-18-10-7-13-22(16-18,14-12-19(9-4-2)21(23)24)17-26-20-11-5-6-15-25-20/h18-20H,3-17H2,1-2H3,(H,23,24). The molecule has 1 saturated carbocycles. The second-order valence-corrected chi connectivity index (χ2v) is 8.72. The first-order chi connectivity index (χ1) is 12.6. The molecule has 0 amide bonds. The van der Waals surface area contributed by atoms with E-state index in [0.717, 1.165) is 57.7 Å². The molecule has 0 bridgehead atoms. The highest BCUT2D eigenvalue weighted by Gasteiger charge is 2.38. The molecule has 4 atom stereocenters. The van der Waals surface area contributed by atoms with Gasteiger partial charge in [0.15, 0.2) is 6.29 Å². The van der Waals surface area contributed by atoms with E-state index in [1.54, 1.807) is 0 Å². The van der Waals surface area contributed by atoms with Crippen LogP contribution in [0.2, 0.25) is 0 Å². The summed E-state index contributed by atoms with van der Waals surface area (Å²) < 4.78 is 12.0. The van der Waals surface area contributed by atoms with Crippen molar-refractivity contribution in [3.8, 4) is 0 Å². The number of carboxylic acid groups (broad SMARTS) is 1. The van der Waals surface area contributed by atoms with Crippen LogP contribution >= 0.6 is 0 Å². The molecule has 26 heavy (non-hydrogen) atoms. The quantitative estimate of drug-likeness (QED) is 0.501. The van der Waals surface area contributed by atoms with Crippen molar-refractivity contribution in [2.45, 2.75) is 104 Å². The summed E-state index contributed by atoms with van der Waals surface area (Å²) in [6, 6.07) is 0. The predicted molar refractivity (Wildman–Crippen MR) is 104 cm³/mol. The fraction of sp³-hybridized carbons (Fsp3) is 0.955. The number of hydrogen-bond acceptors (Lipinski definition) is 3. The predicted octanol–water partition coefficient (Wildman–Crippen LogP) is 5.79. The Morgan fingerprint density at radius 2 is 2.04 bits per heavy atom. The van der Waals surface area contributed by atoms with Crippen molar-refractivity contribution in [1.29, 1.82) is 0 Å². The van der Waals surface area contributed by atoms with Gasteiger partial charge in [-0.1, -0.05) is 46.0 Å². The summed E-state index contributed by atoms with van der Waals surface area (Å²) in [5.74, 6) is -0.0483. The van der Waals surface area contributed by atoms with Crippen molar-refractivity contribution < 1.29 is 19.4 Å². The largest absolute Gasteiger partial charge is 0.481 e. The van der Waals surface area contributed by atoms with E-state index in [4.69, 9.17) is 9.47 Å². The van der Waals surface area contributed by atoms with Crippen LogP contribution in [-0.4, -0.2) is 30.6 Å². The Morgan fingerprint density at radius 3 is 2.69 bits per heavy atom. The van der Waals surface area contributed by atoms with Gasteiger partial charge in [0, 0.05) is 6.61 Å². The Morgan fingerprint density at radius 1 is 1.19 bits per heavy atom. The summed E-state index contributed by atoms with van der Waals surface area (Å²) in [7, 11) is 0. The Balaban J connectivity index is 1.98. The maximum absolute atomic E-state index is 11.6. The van der Waals surface area contributed by atoms with Crippen LogP contribution in [0, 0.1) is 17.3 Å². The molecule has 1 aliphatic carbocycles. The molecule has 0 spiro atoms. The first-order valence-electron chi connectivity index (χ1n) is 11.0. The third-order valence-corrected chi connectivity index (χ3v) is 6.46. The van der Waals surface area contributed by atoms with E-state index in [2.05, 4.69) is 13.8 Å². The van der Waals surface area contributed by atoms with Crippen molar-refractivity contribution in [1.82, 2.24) is 0 Å². The number of carboxylic acids is 1. The second-order valence-electron chi connectivity index (χ2n) is 8.72. The molecule has 2 fully saturated rings. The molecule has 2 aliphatic rings. The lowest BCUT2D eigenvalue weighted by Crippen LogP contribution is -2.37. The monoisotopic (exact) mass is 368 g/mol. The molecule has 0 aromatic carbocycles. The van der Waals surface area contributed by atoms with Crippen molar-refractivity contribution in [2.75, 3.05) is 13.2 Å². The summed E-state index contributed by atoms with van der Waals surface area (Å²) in [6.07, 6.45) is 14.3. The fourth-order valence-electron chi connectivity index (χ4n) is 5.00. The number of carbonyl (C=O) groups is 1. The maximum Gasteiger partial charge on any atom is 0.306 e. The average molecular weight is 369 g/mol. The molecule has 0 aromatic rings. The lowest BCUT2D eigenvalue weighted by Gasteiger charge is -2.42. The van der Waals surface area contributed by atoms with Gasteiger partial charge in [0.1, 0.15) is 0 Å². The molecular formula is C22H40O4. The average Bonchev–Trinajstić information content (AvgIpc) is 2.65. The fourth-order valence-corrected chi connectivity index (χ4v) is 5.00. The first-order valence-corrected chi connectivity index (χ1v) is 11.0. The third-order valence-electron chi connectivity index (χ3n) is 6.46. The molecule has 2 rings (SSSR count). The zero-order valence-corrected chi connectivity index (χ0v) is 17.0. The highest BCUT2D eigenvalue weighted by molar-refractivity contribution is 5.69. The highest BCUT2D eigenvalue weighted by atomic mass is 16.7. The Kier molecular flexibility index (Phi) is 9.41. The molecule has 1 saturated heterocycles. The van der Waals surface area contributed by atoms with Crippen LogP contribution in [0.4, 0.5) is 0 Å². The molecular weight excluding hydrogens is 328 g/mol. The molecule has 4 heteroatoms.